The Kier molecular flexibility index (Phi) is 7.48. The van der Waals surface area contributed by atoms with Crippen LogP contribution in [-0.2, 0) is 14.8 Å². The number of hydrogen-bond donors (Lipinski definition) is 2. The number of rotatable bonds is 6. The highest BCUT2D eigenvalue weighted by atomic mass is 35.5. The Morgan fingerprint density at radius 2 is 1.77 bits per heavy atom. The zero-order valence-electron chi connectivity index (χ0n) is 16.4. The molecule has 0 aliphatic carbocycles. The van der Waals surface area contributed by atoms with E-state index in [9.17, 15) is 18.0 Å². The first kappa shape index (κ1) is 22.7. The van der Waals surface area contributed by atoms with Crippen molar-refractivity contribution in [3.63, 3.8) is 0 Å². The molecule has 8 nitrogen and oxygen atoms in total. The lowest BCUT2D eigenvalue weighted by atomic mass is 10.0. The Hall–Kier alpha value is -1.98. The normalized spacial score (nSPS) is 16.7. The average Bonchev–Trinajstić information content (AvgIpc) is 3.17. The monoisotopic (exact) mass is 470 g/mol. The zero-order valence-corrected chi connectivity index (χ0v) is 18.8. The molecular formula is C19H23ClN4O4S2. The van der Waals surface area contributed by atoms with Crippen LogP contribution in [0.3, 0.4) is 0 Å². The summed E-state index contributed by atoms with van der Waals surface area (Å²) in [6.45, 7) is 3.32. The number of hydrogen-bond acceptors (Lipinski definition) is 6. The van der Waals surface area contributed by atoms with Crippen LogP contribution in [0.2, 0.25) is 4.34 Å². The molecule has 3 amide bonds. The van der Waals surface area contributed by atoms with E-state index in [0.29, 0.717) is 24.0 Å². The van der Waals surface area contributed by atoms with E-state index in [1.165, 1.54) is 10.4 Å². The van der Waals surface area contributed by atoms with Crippen molar-refractivity contribution in [2.24, 2.45) is 0 Å². The van der Waals surface area contributed by atoms with Gasteiger partial charge in [-0.15, -0.1) is 11.3 Å². The van der Waals surface area contributed by atoms with E-state index in [2.05, 4.69) is 10.6 Å². The fourth-order valence-corrected chi connectivity index (χ4v) is 6.37. The first-order valence-electron chi connectivity index (χ1n) is 9.46. The summed E-state index contributed by atoms with van der Waals surface area (Å²) in [6.07, 6.45) is 0. The van der Waals surface area contributed by atoms with Crippen LogP contribution in [0.1, 0.15) is 18.5 Å². The van der Waals surface area contributed by atoms with Crippen molar-refractivity contribution in [3.8, 4) is 0 Å². The highest BCUT2D eigenvalue weighted by Crippen LogP contribution is 2.30. The van der Waals surface area contributed by atoms with Crippen LogP contribution in [0.15, 0.2) is 46.7 Å². The van der Waals surface area contributed by atoms with E-state index in [0.717, 1.165) is 16.9 Å². The molecule has 1 unspecified atom stereocenters. The van der Waals surface area contributed by atoms with Gasteiger partial charge in [0, 0.05) is 32.7 Å². The predicted molar refractivity (Wildman–Crippen MR) is 116 cm³/mol. The van der Waals surface area contributed by atoms with Crippen LogP contribution in [-0.4, -0.2) is 62.3 Å². The molecule has 162 valence electrons. The minimum Gasteiger partial charge on any atom is -0.338 e. The van der Waals surface area contributed by atoms with Crippen LogP contribution >= 0.6 is 22.9 Å². The van der Waals surface area contributed by atoms with Crippen molar-refractivity contribution < 1.29 is 18.0 Å². The molecule has 1 aromatic carbocycles. The van der Waals surface area contributed by atoms with Gasteiger partial charge < -0.3 is 5.32 Å². The standard InChI is InChI=1S/C19H23ClN4O4S2/c1-2-21-19(26)22-18(25)17(14-6-4-3-5-7-14)23-10-12-24(13-11-23)30(27,28)16-9-8-15(20)29-16/h3-9,17H,2,10-13H2,1H3,(H2,21,22,25,26). The predicted octanol–water partition coefficient (Wildman–Crippen LogP) is 2.29. The molecule has 0 bridgehead atoms. The number of carbonyl (C=O) groups excluding carboxylic acids is 2. The van der Waals surface area contributed by atoms with Gasteiger partial charge in [0.15, 0.2) is 0 Å². The van der Waals surface area contributed by atoms with Crippen LogP contribution in [0.4, 0.5) is 4.79 Å². The molecule has 1 aliphatic heterocycles. The number of nitrogens with one attached hydrogen (secondary N) is 2. The quantitative estimate of drug-likeness (QED) is 0.675. The molecule has 0 radical (unpaired) electrons. The van der Waals surface area contributed by atoms with Gasteiger partial charge in [-0.3, -0.25) is 15.0 Å². The third kappa shape index (κ3) is 5.19. The van der Waals surface area contributed by atoms with Crippen molar-refractivity contribution in [1.29, 1.82) is 0 Å². The number of nitrogens with zero attached hydrogens (tertiary/aromatic N) is 2. The average molecular weight is 471 g/mol. The molecule has 2 N–H and O–H groups in total. The molecule has 1 aliphatic rings. The first-order valence-corrected chi connectivity index (χ1v) is 12.1. The van der Waals surface area contributed by atoms with E-state index in [-0.39, 0.29) is 17.3 Å². The van der Waals surface area contributed by atoms with Gasteiger partial charge >= 0.3 is 6.03 Å². The first-order chi connectivity index (χ1) is 14.3. The zero-order chi connectivity index (χ0) is 21.7. The molecule has 3 rings (SSSR count). The van der Waals surface area contributed by atoms with Crippen molar-refractivity contribution in [2.75, 3.05) is 32.7 Å². The lowest BCUT2D eigenvalue weighted by molar-refractivity contribution is -0.126. The largest absolute Gasteiger partial charge is 0.338 e. The Morgan fingerprint density at radius 3 is 2.33 bits per heavy atom. The van der Waals surface area contributed by atoms with Gasteiger partial charge in [-0.25, -0.2) is 13.2 Å². The summed E-state index contributed by atoms with van der Waals surface area (Å²) in [5, 5.41) is 4.92. The maximum absolute atomic E-state index is 12.9. The Bertz CT molecular complexity index is 989. The number of piperazine rings is 1. The summed E-state index contributed by atoms with van der Waals surface area (Å²) in [5.74, 6) is -0.450. The minimum absolute atomic E-state index is 0.203. The van der Waals surface area contributed by atoms with Crippen molar-refractivity contribution in [1.82, 2.24) is 19.8 Å². The molecule has 0 saturated carbocycles. The van der Waals surface area contributed by atoms with Crippen molar-refractivity contribution in [2.45, 2.75) is 17.2 Å². The molecular weight excluding hydrogens is 448 g/mol. The molecule has 2 aromatic rings. The summed E-state index contributed by atoms with van der Waals surface area (Å²) in [5.41, 5.74) is 0.737. The van der Waals surface area contributed by atoms with Crippen LogP contribution < -0.4 is 10.6 Å². The third-order valence-electron chi connectivity index (χ3n) is 4.72. The van der Waals surface area contributed by atoms with Gasteiger partial charge in [0.2, 0.25) is 5.91 Å². The summed E-state index contributed by atoms with van der Waals surface area (Å²) in [6, 6.07) is 10.9. The SMILES string of the molecule is CCNC(=O)NC(=O)C(c1ccccc1)N1CCN(S(=O)(=O)c2ccc(Cl)s2)CC1. The molecule has 1 aromatic heterocycles. The van der Waals surface area contributed by atoms with Gasteiger partial charge in [-0.2, -0.15) is 4.31 Å². The fourth-order valence-electron chi connectivity index (χ4n) is 3.31. The van der Waals surface area contributed by atoms with E-state index in [4.69, 9.17) is 11.6 Å². The van der Waals surface area contributed by atoms with E-state index >= 15 is 0 Å². The summed E-state index contributed by atoms with van der Waals surface area (Å²) < 4.78 is 27.7. The number of urea groups is 1. The van der Waals surface area contributed by atoms with Crippen LogP contribution in [0.25, 0.3) is 0 Å². The number of benzene rings is 1. The fraction of sp³-hybridized carbons (Fsp3) is 0.368. The van der Waals surface area contributed by atoms with Crippen molar-refractivity contribution >= 4 is 44.9 Å². The summed E-state index contributed by atoms with van der Waals surface area (Å²) >= 11 is 6.91. The second-order valence-corrected chi connectivity index (χ2v) is 10.5. The van der Waals surface area contributed by atoms with Gasteiger partial charge in [-0.05, 0) is 24.6 Å². The second kappa shape index (κ2) is 9.88. The van der Waals surface area contributed by atoms with E-state index in [1.807, 2.05) is 35.2 Å². The number of halogens is 1. The Balaban J connectivity index is 1.75. The lowest BCUT2D eigenvalue weighted by Gasteiger charge is -2.37. The highest BCUT2D eigenvalue weighted by molar-refractivity contribution is 7.91. The molecule has 1 atom stereocenters. The molecule has 11 heteroatoms. The van der Waals surface area contributed by atoms with Crippen LogP contribution in [0.5, 0.6) is 0 Å². The Morgan fingerprint density at radius 1 is 1.10 bits per heavy atom. The lowest BCUT2D eigenvalue weighted by Crippen LogP contribution is -2.53. The number of thiophene rings is 1. The van der Waals surface area contributed by atoms with Gasteiger partial charge in [0.1, 0.15) is 10.3 Å². The van der Waals surface area contributed by atoms with Crippen molar-refractivity contribution in [3.05, 3.63) is 52.4 Å². The third-order valence-corrected chi connectivity index (χ3v) is 8.32. The summed E-state index contributed by atoms with van der Waals surface area (Å²) in [4.78, 5) is 26.6. The van der Waals surface area contributed by atoms with E-state index in [1.54, 1.807) is 13.0 Å². The smallest absolute Gasteiger partial charge is 0.321 e. The molecule has 30 heavy (non-hydrogen) atoms. The van der Waals surface area contributed by atoms with Gasteiger partial charge in [0.05, 0.1) is 4.34 Å². The maximum Gasteiger partial charge on any atom is 0.321 e. The molecule has 1 fully saturated rings. The number of amides is 3. The van der Waals surface area contributed by atoms with Crippen LogP contribution in [0, 0.1) is 0 Å². The van der Waals surface area contributed by atoms with Gasteiger partial charge in [-0.1, -0.05) is 41.9 Å². The second-order valence-electron chi connectivity index (χ2n) is 6.66. The van der Waals surface area contributed by atoms with E-state index < -0.39 is 28.0 Å². The summed E-state index contributed by atoms with van der Waals surface area (Å²) in [7, 11) is -3.63. The molecule has 0 spiro atoms. The van der Waals surface area contributed by atoms with Gasteiger partial charge in [0.25, 0.3) is 10.0 Å². The highest BCUT2D eigenvalue weighted by Gasteiger charge is 2.35. The molecule has 1 saturated heterocycles. The minimum atomic E-state index is -3.63. The number of imide groups is 1. The maximum atomic E-state index is 12.9. The number of sulfonamides is 1. The topological polar surface area (TPSA) is 98.8 Å². The molecule has 2 heterocycles. The number of carbonyl (C=O) groups is 2. The Labute approximate surface area is 184 Å².